The topological polar surface area (TPSA) is 34.2 Å². The number of ether oxygens (including phenoxy) is 1. The van der Waals surface area contributed by atoms with Crippen molar-refractivity contribution in [2.45, 2.75) is 46.0 Å². The van der Waals surface area contributed by atoms with E-state index in [1.54, 1.807) is 6.20 Å². The molecule has 0 radical (unpaired) electrons. The van der Waals surface area contributed by atoms with Crippen LogP contribution in [0.1, 0.15) is 46.1 Å². The summed E-state index contributed by atoms with van der Waals surface area (Å²) in [6, 6.07) is 2.11. The van der Waals surface area contributed by atoms with E-state index in [9.17, 15) is 0 Å². The average molecular weight is 250 g/mol. The van der Waals surface area contributed by atoms with E-state index in [0.29, 0.717) is 6.61 Å². The molecule has 1 aromatic heterocycles. The van der Waals surface area contributed by atoms with Gasteiger partial charge in [-0.25, -0.2) is 0 Å². The molecule has 0 saturated carbocycles. The van der Waals surface area contributed by atoms with Gasteiger partial charge in [0.15, 0.2) is 0 Å². The van der Waals surface area contributed by atoms with Crippen LogP contribution >= 0.6 is 0 Å². The van der Waals surface area contributed by atoms with Gasteiger partial charge in [0.25, 0.3) is 0 Å². The summed E-state index contributed by atoms with van der Waals surface area (Å²) in [7, 11) is 0. The Bertz CT molecular complexity index is 350. The maximum Gasteiger partial charge on any atom is 0.137 e. The minimum atomic E-state index is 0.126. The van der Waals surface area contributed by atoms with Crippen LogP contribution in [-0.4, -0.2) is 24.7 Å². The largest absolute Gasteiger partial charge is 0.492 e. The molecule has 1 N–H and O–H groups in total. The number of aromatic nitrogens is 1. The third kappa shape index (κ3) is 4.65. The first-order valence-electron chi connectivity index (χ1n) is 6.89. The lowest BCUT2D eigenvalue weighted by molar-refractivity contribution is 0.336. The Morgan fingerprint density at radius 2 is 2.00 bits per heavy atom. The number of nitrogens with zero attached hydrogens (tertiary/aromatic N) is 1. The molecule has 0 bridgehead atoms. The second-order valence-electron chi connectivity index (χ2n) is 5.23. The summed E-state index contributed by atoms with van der Waals surface area (Å²) in [6.45, 7) is 11.5. The summed E-state index contributed by atoms with van der Waals surface area (Å²) in [5.41, 5.74) is 1.37. The van der Waals surface area contributed by atoms with Crippen LogP contribution in [0.4, 0.5) is 0 Å². The molecule has 1 aromatic rings. The molecule has 0 unspecified atom stereocenters. The maximum atomic E-state index is 5.51. The normalized spacial score (nSPS) is 11.6. The fourth-order valence-electron chi connectivity index (χ4n) is 1.88. The summed E-state index contributed by atoms with van der Waals surface area (Å²) >= 11 is 0. The Kier molecular flexibility index (Phi) is 6.13. The van der Waals surface area contributed by atoms with Crippen LogP contribution in [0.2, 0.25) is 0 Å². The van der Waals surface area contributed by atoms with Crippen LogP contribution in [-0.2, 0) is 5.41 Å². The van der Waals surface area contributed by atoms with E-state index in [1.165, 1.54) is 12.0 Å². The molecule has 3 nitrogen and oxygen atoms in total. The molecule has 3 heteroatoms. The van der Waals surface area contributed by atoms with E-state index in [-0.39, 0.29) is 5.41 Å². The highest BCUT2D eigenvalue weighted by Gasteiger charge is 2.20. The number of nitrogens with one attached hydrogen (secondary N) is 1. The molecule has 0 atom stereocenters. The van der Waals surface area contributed by atoms with Gasteiger partial charge in [-0.05, 0) is 49.9 Å². The van der Waals surface area contributed by atoms with Gasteiger partial charge in [-0.15, -0.1) is 0 Å². The van der Waals surface area contributed by atoms with Crippen molar-refractivity contribution in [3.05, 3.63) is 24.0 Å². The lowest BCUT2D eigenvalue weighted by atomic mass is 9.82. The van der Waals surface area contributed by atoms with Gasteiger partial charge in [-0.1, -0.05) is 20.8 Å². The Labute approximate surface area is 111 Å². The minimum Gasteiger partial charge on any atom is -0.492 e. The number of hydrogen-bond donors (Lipinski definition) is 1. The predicted octanol–water partition coefficient (Wildman–Crippen LogP) is 3.15. The third-order valence-corrected chi connectivity index (χ3v) is 3.16. The highest BCUT2D eigenvalue weighted by Crippen LogP contribution is 2.28. The molecule has 0 fully saturated rings. The summed E-state index contributed by atoms with van der Waals surface area (Å²) < 4.78 is 5.51. The van der Waals surface area contributed by atoms with Crippen LogP contribution in [0.25, 0.3) is 0 Å². The van der Waals surface area contributed by atoms with Gasteiger partial charge in [-0.2, -0.15) is 0 Å². The SMILES string of the molecule is CCCNCCC(C)(C)c1cncc(OCC)c1. The van der Waals surface area contributed by atoms with Gasteiger partial charge >= 0.3 is 0 Å². The van der Waals surface area contributed by atoms with Crippen LogP contribution < -0.4 is 10.1 Å². The van der Waals surface area contributed by atoms with Gasteiger partial charge in [0.1, 0.15) is 5.75 Å². The van der Waals surface area contributed by atoms with Crippen LogP contribution in [0.15, 0.2) is 18.5 Å². The number of pyridine rings is 1. The molecule has 102 valence electrons. The van der Waals surface area contributed by atoms with Crippen molar-refractivity contribution in [3.63, 3.8) is 0 Å². The second kappa shape index (κ2) is 7.37. The molecular formula is C15H26N2O. The van der Waals surface area contributed by atoms with Gasteiger partial charge in [0, 0.05) is 6.20 Å². The highest BCUT2D eigenvalue weighted by atomic mass is 16.5. The number of rotatable bonds is 8. The molecule has 0 aliphatic carbocycles. The average Bonchev–Trinajstić information content (AvgIpc) is 2.36. The standard InChI is InChI=1S/C15H26N2O/c1-5-8-16-9-7-15(3,4)13-10-14(18-6-2)12-17-11-13/h10-12,16H,5-9H2,1-4H3. The summed E-state index contributed by atoms with van der Waals surface area (Å²) in [4.78, 5) is 4.27. The van der Waals surface area contributed by atoms with E-state index in [2.05, 4.69) is 37.1 Å². The Balaban J connectivity index is 2.62. The van der Waals surface area contributed by atoms with Crippen LogP contribution in [0, 0.1) is 0 Å². The van der Waals surface area contributed by atoms with Crippen molar-refractivity contribution >= 4 is 0 Å². The first-order chi connectivity index (χ1) is 8.60. The smallest absolute Gasteiger partial charge is 0.137 e. The molecule has 0 aliphatic rings. The van der Waals surface area contributed by atoms with Crippen molar-refractivity contribution in [1.82, 2.24) is 10.3 Å². The van der Waals surface area contributed by atoms with Crippen molar-refractivity contribution in [1.29, 1.82) is 0 Å². The zero-order valence-corrected chi connectivity index (χ0v) is 12.1. The summed E-state index contributed by atoms with van der Waals surface area (Å²) in [5, 5.41) is 3.45. The van der Waals surface area contributed by atoms with Crippen molar-refractivity contribution < 1.29 is 4.74 Å². The van der Waals surface area contributed by atoms with E-state index < -0.39 is 0 Å². The maximum absolute atomic E-state index is 5.51. The molecule has 18 heavy (non-hydrogen) atoms. The molecule has 0 amide bonds. The molecule has 0 aliphatic heterocycles. The summed E-state index contributed by atoms with van der Waals surface area (Å²) in [6.07, 6.45) is 6.01. The molecule has 0 saturated heterocycles. The fourth-order valence-corrected chi connectivity index (χ4v) is 1.88. The quantitative estimate of drug-likeness (QED) is 0.720. The molecule has 1 heterocycles. The zero-order chi connectivity index (χ0) is 13.4. The van der Waals surface area contributed by atoms with E-state index in [1.807, 2.05) is 13.1 Å². The van der Waals surface area contributed by atoms with Crippen LogP contribution in [0.5, 0.6) is 5.75 Å². The Hall–Kier alpha value is -1.09. The van der Waals surface area contributed by atoms with Crippen molar-refractivity contribution in [2.24, 2.45) is 0 Å². The second-order valence-corrected chi connectivity index (χ2v) is 5.23. The van der Waals surface area contributed by atoms with E-state index in [4.69, 9.17) is 4.74 Å². The fraction of sp³-hybridized carbons (Fsp3) is 0.667. The van der Waals surface area contributed by atoms with Gasteiger partial charge in [-0.3, -0.25) is 4.98 Å². The van der Waals surface area contributed by atoms with Crippen molar-refractivity contribution in [3.8, 4) is 5.75 Å². The molecule has 0 spiro atoms. The minimum absolute atomic E-state index is 0.126. The molecule has 1 rings (SSSR count). The van der Waals surface area contributed by atoms with Gasteiger partial charge < -0.3 is 10.1 Å². The lowest BCUT2D eigenvalue weighted by Crippen LogP contribution is -2.26. The molecular weight excluding hydrogens is 224 g/mol. The van der Waals surface area contributed by atoms with Crippen molar-refractivity contribution in [2.75, 3.05) is 19.7 Å². The van der Waals surface area contributed by atoms with Gasteiger partial charge in [0.2, 0.25) is 0 Å². The third-order valence-electron chi connectivity index (χ3n) is 3.16. The predicted molar refractivity (Wildman–Crippen MR) is 76.2 cm³/mol. The Morgan fingerprint density at radius 3 is 2.67 bits per heavy atom. The van der Waals surface area contributed by atoms with Crippen LogP contribution in [0.3, 0.4) is 0 Å². The monoisotopic (exact) mass is 250 g/mol. The first kappa shape index (κ1) is 15.0. The molecule has 0 aromatic carbocycles. The van der Waals surface area contributed by atoms with E-state index >= 15 is 0 Å². The van der Waals surface area contributed by atoms with E-state index in [0.717, 1.165) is 25.3 Å². The lowest BCUT2D eigenvalue weighted by Gasteiger charge is -2.25. The Morgan fingerprint density at radius 1 is 1.22 bits per heavy atom. The zero-order valence-electron chi connectivity index (χ0n) is 12.1. The first-order valence-corrected chi connectivity index (χ1v) is 6.89. The highest BCUT2D eigenvalue weighted by molar-refractivity contribution is 5.29. The van der Waals surface area contributed by atoms with Gasteiger partial charge in [0.05, 0.1) is 12.8 Å². The number of hydrogen-bond acceptors (Lipinski definition) is 3. The summed E-state index contributed by atoms with van der Waals surface area (Å²) in [5.74, 6) is 0.865.